The number of carbonyl (C=O) groups is 1. The van der Waals surface area contributed by atoms with Gasteiger partial charge in [0.2, 0.25) is 0 Å². The first kappa shape index (κ1) is 16.7. The van der Waals surface area contributed by atoms with Crippen LogP contribution in [-0.2, 0) is 0 Å². The third-order valence-electron chi connectivity index (χ3n) is 3.98. The van der Waals surface area contributed by atoms with Crippen LogP contribution < -0.4 is 10.2 Å². The maximum Gasteiger partial charge on any atom is 0.256 e. The Bertz CT molecular complexity index is 727. The number of anilines is 2. The minimum Gasteiger partial charge on any atom is -0.369 e. The predicted octanol–water partition coefficient (Wildman–Crippen LogP) is 2.88. The third kappa shape index (κ3) is 4.01. The van der Waals surface area contributed by atoms with E-state index in [2.05, 4.69) is 27.1 Å². The number of amides is 1. The largest absolute Gasteiger partial charge is 0.369 e. The van der Waals surface area contributed by atoms with E-state index in [-0.39, 0.29) is 10.6 Å². The molecule has 1 aromatic carbocycles. The molecule has 24 heavy (non-hydrogen) atoms. The lowest BCUT2D eigenvalue weighted by molar-refractivity contribution is 0.102. The van der Waals surface area contributed by atoms with Crippen molar-refractivity contribution in [2.75, 3.05) is 43.4 Å². The average Bonchev–Trinajstić information content (AvgIpc) is 2.55. The highest BCUT2D eigenvalue weighted by Crippen LogP contribution is 2.20. The molecular weight excluding hydrogens is 331 g/mol. The zero-order valence-electron chi connectivity index (χ0n) is 13.3. The molecule has 3 rings (SSSR count). The molecule has 0 spiro atoms. The molecule has 1 aliphatic heterocycles. The van der Waals surface area contributed by atoms with E-state index in [0.29, 0.717) is 5.82 Å². The maximum atomic E-state index is 13.4. The number of hydrogen-bond acceptors (Lipinski definition) is 4. The number of carbonyl (C=O) groups excluding carboxylic acids is 1. The number of likely N-dealkylation sites (N-methyl/N-ethyl adjacent to an activating group) is 1. The van der Waals surface area contributed by atoms with Crippen molar-refractivity contribution >= 4 is 29.0 Å². The van der Waals surface area contributed by atoms with Crippen LogP contribution in [0.5, 0.6) is 0 Å². The summed E-state index contributed by atoms with van der Waals surface area (Å²) < 4.78 is 13.4. The Kier molecular flexibility index (Phi) is 4.97. The number of benzene rings is 1. The minimum absolute atomic E-state index is 0.159. The van der Waals surface area contributed by atoms with E-state index in [1.165, 1.54) is 6.07 Å². The highest BCUT2D eigenvalue weighted by atomic mass is 35.5. The van der Waals surface area contributed by atoms with Gasteiger partial charge < -0.3 is 15.1 Å². The van der Waals surface area contributed by atoms with Crippen LogP contribution in [-0.4, -0.2) is 49.0 Å². The summed E-state index contributed by atoms with van der Waals surface area (Å²) in [6, 6.07) is 7.46. The van der Waals surface area contributed by atoms with Crippen LogP contribution in [0.25, 0.3) is 0 Å². The topological polar surface area (TPSA) is 48.5 Å². The van der Waals surface area contributed by atoms with Crippen molar-refractivity contribution in [1.29, 1.82) is 0 Å². The second-order valence-electron chi connectivity index (χ2n) is 5.80. The van der Waals surface area contributed by atoms with E-state index >= 15 is 0 Å². The van der Waals surface area contributed by atoms with Crippen molar-refractivity contribution < 1.29 is 9.18 Å². The van der Waals surface area contributed by atoms with Crippen molar-refractivity contribution in [2.45, 2.75) is 0 Å². The van der Waals surface area contributed by atoms with Crippen molar-refractivity contribution in [3.8, 4) is 0 Å². The normalized spacial score (nSPS) is 15.4. The fourth-order valence-electron chi connectivity index (χ4n) is 2.62. The van der Waals surface area contributed by atoms with Gasteiger partial charge in [0.25, 0.3) is 5.91 Å². The van der Waals surface area contributed by atoms with Gasteiger partial charge in [0, 0.05) is 54.7 Å². The van der Waals surface area contributed by atoms with E-state index in [4.69, 9.17) is 11.6 Å². The van der Waals surface area contributed by atoms with Gasteiger partial charge in [0.05, 0.1) is 0 Å². The van der Waals surface area contributed by atoms with Gasteiger partial charge in [-0.25, -0.2) is 9.37 Å². The standard InChI is InChI=1S/C17H18ClFN4O/c1-22-4-6-23(7-5-22)15-2-3-20-16(11-15)21-17(24)12-8-13(18)10-14(19)9-12/h2-3,8-11H,4-7H2,1H3,(H,20,21,24). The Morgan fingerprint density at radius 3 is 2.67 bits per heavy atom. The van der Waals surface area contributed by atoms with E-state index < -0.39 is 11.7 Å². The summed E-state index contributed by atoms with van der Waals surface area (Å²) in [5, 5.41) is 2.87. The van der Waals surface area contributed by atoms with Gasteiger partial charge in [-0.3, -0.25) is 4.79 Å². The van der Waals surface area contributed by atoms with Gasteiger partial charge in [0.15, 0.2) is 0 Å². The second kappa shape index (κ2) is 7.15. The monoisotopic (exact) mass is 348 g/mol. The van der Waals surface area contributed by atoms with Gasteiger partial charge >= 0.3 is 0 Å². The van der Waals surface area contributed by atoms with Crippen LogP contribution in [0.3, 0.4) is 0 Å². The third-order valence-corrected chi connectivity index (χ3v) is 4.20. The average molecular weight is 349 g/mol. The molecule has 0 unspecified atom stereocenters. The number of rotatable bonds is 3. The molecule has 1 aliphatic rings. The van der Waals surface area contributed by atoms with E-state index in [0.717, 1.165) is 44.0 Å². The molecule has 1 fully saturated rings. The number of hydrogen-bond donors (Lipinski definition) is 1. The number of halogens is 2. The van der Waals surface area contributed by atoms with Gasteiger partial charge in [0.1, 0.15) is 11.6 Å². The Morgan fingerprint density at radius 1 is 1.21 bits per heavy atom. The van der Waals surface area contributed by atoms with Crippen molar-refractivity contribution in [2.24, 2.45) is 0 Å². The summed E-state index contributed by atoms with van der Waals surface area (Å²) in [5.74, 6) is -0.567. The first-order valence-electron chi connectivity index (χ1n) is 7.68. The van der Waals surface area contributed by atoms with Crippen LogP contribution in [0, 0.1) is 5.82 Å². The molecule has 2 aromatic rings. The van der Waals surface area contributed by atoms with Crippen LogP contribution in [0.2, 0.25) is 5.02 Å². The molecule has 7 heteroatoms. The summed E-state index contributed by atoms with van der Waals surface area (Å²) in [4.78, 5) is 20.9. The van der Waals surface area contributed by atoms with E-state index in [1.807, 2.05) is 12.1 Å². The molecule has 0 atom stereocenters. The van der Waals surface area contributed by atoms with Crippen molar-refractivity contribution in [1.82, 2.24) is 9.88 Å². The predicted molar refractivity (Wildman–Crippen MR) is 93.3 cm³/mol. The lowest BCUT2D eigenvalue weighted by Crippen LogP contribution is -2.44. The fraction of sp³-hybridized carbons (Fsp3) is 0.294. The Morgan fingerprint density at radius 2 is 1.96 bits per heavy atom. The number of aromatic nitrogens is 1. The highest BCUT2D eigenvalue weighted by molar-refractivity contribution is 6.31. The summed E-state index contributed by atoms with van der Waals surface area (Å²) in [6.07, 6.45) is 1.65. The molecule has 0 bridgehead atoms. The number of pyridine rings is 1. The van der Waals surface area contributed by atoms with Crippen LogP contribution in [0.1, 0.15) is 10.4 Å². The number of nitrogens with one attached hydrogen (secondary N) is 1. The molecule has 0 aliphatic carbocycles. The van der Waals surface area contributed by atoms with Crippen molar-refractivity contribution in [3.05, 3.63) is 52.9 Å². The first-order chi connectivity index (χ1) is 11.5. The van der Waals surface area contributed by atoms with Gasteiger partial charge in [-0.2, -0.15) is 0 Å². The van der Waals surface area contributed by atoms with Crippen LogP contribution in [0.15, 0.2) is 36.5 Å². The molecule has 0 radical (unpaired) electrons. The quantitative estimate of drug-likeness (QED) is 0.926. The first-order valence-corrected chi connectivity index (χ1v) is 8.06. The molecule has 126 valence electrons. The minimum atomic E-state index is -0.549. The molecule has 1 N–H and O–H groups in total. The fourth-order valence-corrected chi connectivity index (χ4v) is 2.84. The second-order valence-corrected chi connectivity index (χ2v) is 6.24. The van der Waals surface area contributed by atoms with Gasteiger partial charge in [-0.15, -0.1) is 0 Å². The van der Waals surface area contributed by atoms with Crippen LogP contribution in [0.4, 0.5) is 15.9 Å². The maximum absolute atomic E-state index is 13.4. The number of piperazine rings is 1. The van der Waals surface area contributed by atoms with Gasteiger partial charge in [-0.05, 0) is 31.3 Å². The van der Waals surface area contributed by atoms with Crippen molar-refractivity contribution in [3.63, 3.8) is 0 Å². The summed E-state index contributed by atoms with van der Waals surface area (Å²) >= 11 is 5.79. The lowest BCUT2D eigenvalue weighted by Gasteiger charge is -2.34. The number of nitrogens with zero attached hydrogens (tertiary/aromatic N) is 3. The molecule has 5 nitrogen and oxygen atoms in total. The Labute approximate surface area is 145 Å². The Balaban J connectivity index is 1.73. The molecule has 2 heterocycles. The summed E-state index contributed by atoms with van der Waals surface area (Å²) in [6.45, 7) is 3.83. The van der Waals surface area contributed by atoms with Gasteiger partial charge in [-0.1, -0.05) is 11.6 Å². The van der Waals surface area contributed by atoms with E-state index in [9.17, 15) is 9.18 Å². The highest BCUT2D eigenvalue weighted by Gasteiger charge is 2.15. The van der Waals surface area contributed by atoms with E-state index in [1.54, 1.807) is 6.20 Å². The van der Waals surface area contributed by atoms with Crippen LogP contribution >= 0.6 is 11.6 Å². The summed E-state index contributed by atoms with van der Waals surface area (Å²) in [7, 11) is 2.10. The Hall–Kier alpha value is -2.18. The summed E-state index contributed by atoms with van der Waals surface area (Å²) in [5.41, 5.74) is 1.16. The molecule has 1 aromatic heterocycles. The lowest BCUT2D eigenvalue weighted by atomic mass is 10.2. The molecule has 1 amide bonds. The smallest absolute Gasteiger partial charge is 0.256 e. The molecule has 1 saturated heterocycles. The zero-order valence-corrected chi connectivity index (χ0v) is 14.1. The molecule has 0 saturated carbocycles. The SMILES string of the molecule is CN1CCN(c2ccnc(NC(=O)c3cc(F)cc(Cl)c3)c2)CC1. The molecular formula is C17H18ClFN4O. The zero-order chi connectivity index (χ0) is 17.1.